The zero-order chi connectivity index (χ0) is 23.8. The van der Waals surface area contributed by atoms with Crippen LogP contribution in [0.5, 0.6) is 11.5 Å². The van der Waals surface area contributed by atoms with Crippen LogP contribution in [0.1, 0.15) is 19.8 Å². The summed E-state index contributed by atoms with van der Waals surface area (Å²) >= 11 is 6.03. The molecule has 0 aliphatic carbocycles. The van der Waals surface area contributed by atoms with Crippen LogP contribution in [0.15, 0.2) is 41.3 Å². The maximum Gasteiger partial charge on any atom is 0.265 e. The number of nitrogens with zero attached hydrogens (tertiary/aromatic N) is 1. The highest BCUT2D eigenvalue weighted by Crippen LogP contribution is 2.34. The number of halogens is 1. The van der Waals surface area contributed by atoms with E-state index in [1.54, 1.807) is 25.1 Å². The molecule has 2 amide bonds. The van der Waals surface area contributed by atoms with Gasteiger partial charge in [0.05, 0.1) is 29.3 Å². The van der Waals surface area contributed by atoms with E-state index < -0.39 is 22.0 Å². The average Bonchev–Trinajstić information content (AvgIpc) is 2.79. The number of rotatable bonds is 5. The Kier molecular flexibility index (Phi) is 6.51. The monoisotopic (exact) mass is 493 g/mol. The van der Waals surface area contributed by atoms with Crippen molar-refractivity contribution in [2.24, 2.45) is 5.92 Å². The largest absolute Gasteiger partial charge is 0.495 e. The molecule has 1 fully saturated rings. The second kappa shape index (κ2) is 9.20. The second-order valence-electron chi connectivity index (χ2n) is 7.94. The van der Waals surface area contributed by atoms with Crippen molar-refractivity contribution in [1.82, 2.24) is 4.31 Å². The number of hydrogen-bond donors (Lipinski definition) is 2. The summed E-state index contributed by atoms with van der Waals surface area (Å²) < 4.78 is 38.6. The van der Waals surface area contributed by atoms with Crippen LogP contribution in [0.3, 0.4) is 0 Å². The number of benzene rings is 2. The molecule has 176 valence electrons. The molecule has 0 saturated carbocycles. The van der Waals surface area contributed by atoms with E-state index in [1.165, 1.54) is 29.6 Å². The Morgan fingerprint density at radius 2 is 2.06 bits per heavy atom. The maximum absolute atomic E-state index is 13.3. The van der Waals surface area contributed by atoms with Crippen molar-refractivity contribution in [3.63, 3.8) is 0 Å². The second-order valence-corrected chi connectivity index (χ2v) is 10.3. The molecule has 2 N–H and O–H groups in total. The molecule has 11 heteroatoms. The Labute approximate surface area is 197 Å². The van der Waals surface area contributed by atoms with Crippen molar-refractivity contribution >= 4 is 44.8 Å². The van der Waals surface area contributed by atoms with Crippen molar-refractivity contribution in [1.29, 1.82) is 0 Å². The van der Waals surface area contributed by atoms with Crippen molar-refractivity contribution in [3.05, 3.63) is 41.4 Å². The summed E-state index contributed by atoms with van der Waals surface area (Å²) in [5.41, 5.74) is 0.730. The molecule has 0 spiro atoms. The highest BCUT2D eigenvalue weighted by atomic mass is 35.5. The quantitative estimate of drug-likeness (QED) is 0.661. The first-order chi connectivity index (χ1) is 15.7. The summed E-state index contributed by atoms with van der Waals surface area (Å²) in [4.78, 5) is 24.8. The third-order valence-electron chi connectivity index (χ3n) is 5.69. The van der Waals surface area contributed by atoms with Crippen molar-refractivity contribution < 1.29 is 27.5 Å². The van der Waals surface area contributed by atoms with Crippen LogP contribution >= 0.6 is 11.6 Å². The summed E-state index contributed by atoms with van der Waals surface area (Å²) in [6, 6.07) is 9.23. The van der Waals surface area contributed by atoms with Crippen LogP contribution in [-0.4, -0.2) is 50.8 Å². The fourth-order valence-corrected chi connectivity index (χ4v) is 5.61. The molecule has 9 nitrogen and oxygen atoms in total. The van der Waals surface area contributed by atoms with Gasteiger partial charge in [-0.25, -0.2) is 8.42 Å². The lowest BCUT2D eigenvalue weighted by Crippen LogP contribution is -2.43. The van der Waals surface area contributed by atoms with E-state index in [9.17, 15) is 18.0 Å². The Morgan fingerprint density at radius 1 is 1.27 bits per heavy atom. The number of carbonyl (C=O) groups excluding carboxylic acids is 2. The zero-order valence-corrected chi connectivity index (χ0v) is 19.7. The van der Waals surface area contributed by atoms with Crippen LogP contribution in [0, 0.1) is 5.92 Å². The van der Waals surface area contributed by atoms with Gasteiger partial charge in [0.1, 0.15) is 11.5 Å². The Balaban J connectivity index is 1.51. The molecule has 33 heavy (non-hydrogen) atoms. The van der Waals surface area contributed by atoms with E-state index in [0.717, 1.165) is 0 Å². The summed E-state index contributed by atoms with van der Waals surface area (Å²) in [7, 11) is -2.40. The molecular formula is C22H24ClN3O6S. The van der Waals surface area contributed by atoms with Crippen molar-refractivity contribution in [3.8, 4) is 11.5 Å². The number of hydrogen-bond acceptors (Lipinski definition) is 6. The fraction of sp³-hybridized carbons (Fsp3) is 0.364. The van der Waals surface area contributed by atoms with Crippen LogP contribution in [0.25, 0.3) is 0 Å². The topological polar surface area (TPSA) is 114 Å². The molecule has 2 aliphatic rings. The lowest BCUT2D eigenvalue weighted by atomic mass is 9.98. The summed E-state index contributed by atoms with van der Waals surface area (Å²) in [5.74, 6) is -0.328. The molecule has 1 saturated heterocycles. The van der Waals surface area contributed by atoms with Gasteiger partial charge < -0.3 is 20.1 Å². The Hall–Kier alpha value is -2.82. The van der Waals surface area contributed by atoms with Gasteiger partial charge in [0, 0.05) is 18.1 Å². The molecule has 2 aromatic rings. The van der Waals surface area contributed by atoms with Gasteiger partial charge in [0.2, 0.25) is 15.9 Å². The first kappa shape index (κ1) is 23.3. The maximum atomic E-state index is 13.3. The van der Waals surface area contributed by atoms with E-state index in [4.69, 9.17) is 21.1 Å². The predicted molar refractivity (Wildman–Crippen MR) is 123 cm³/mol. The molecule has 2 aliphatic heterocycles. The van der Waals surface area contributed by atoms with Crippen LogP contribution in [0.4, 0.5) is 11.4 Å². The number of sulfonamides is 1. The first-order valence-electron chi connectivity index (χ1n) is 10.4. The van der Waals surface area contributed by atoms with Gasteiger partial charge in [-0.05, 0) is 56.2 Å². The molecular weight excluding hydrogens is 470 g/mol. The van der Waals surface area contributed by atoms with Gasteiger partial charge in [0.15, 0.2) is 6.10 Å². The predicted octanol–water partition coefficient (Wildman–Crippen LogP) is 3.11. The molecule has 2 aromatic carbocycles. The van der Waals surface area contributed by atoms with Crippen molar-refractivity contribution in [2.75, 3.05) is 30.8 Å². The van der Waals surface area contributed by atoms with Crippen LogP contribution in [-0.2, 0) is 19.6 Å². The Bertz CT molecular complexity index is 1200. The molecule has 2 heterocycles. The standard InChI is InChI=1S/C22H24ClN3O6S/c1-13-21(27)24-18-11-16(6-8-20(18)32-13)33(29,30)26-9-3-4-14(12-26)22(28)25-17-10-15(23)5-7-19(17)31-2/h5-8,10-11,13-14H,3-4,9,12H2,1-2H3,(H,24,27)(H,25,28)/t13-,14+/m0/s1. The molecule has 0 aromatic heterocycles. The number of amides is 2. The number of anilines is 2. The zero-order valence-electron chi connectivity index (χ0n) is 18.1. The number of fused-ring (bicyclic) bond motifs is 1. The molecule has 2 atom stereocenters. The van der Waals surface area contributed by atoms with Gasteiger partial charge in [-0.3, -0.25) is 9.59 Å². The number of nitrogens with one attached hydrogen (secondary N) is 2. The highest BCUT2D eigenvalue weighted by molar-refractivity contribution is 7.89. The number of piperidine rings is 1. The van der Waals surface area contributed by atoms with Crippen LogP contribution < -0.4 is 20.1 Å². The first-order valence-corrected chi connectivity index (χ1v) is 12.3. The van der Waals surface area contributed by atoms with Gasteiger partial charge >= 0.3 is 0 Å². The van der Waals surface area contributed by atoms with E-state index in [0.29, 0.717) is 47.3 Å². The van der Waals surface area contributed by atoms with Crippen LogP contribution in [0.2, 0.25) is 5.02 Å². The molecule has 4 rings (SSSR count). The lowest BCUT2D eigenvalue weighted by Gasteiger charge is -2.31. The third kappa shape index (κ3) is 4.78. The van der Waals surface area contributed by atoms with E-state index in [1.807, 2.05) is 0 Å². The SMILES string of the molecule is COc1ccc(Cl)cc1NC(=O)[C@@H]1CCCN(S(=O)(=O)c2ccc3c(c2)NC(=O)[C@H](C)O3)C1. The highest BCUT2D eigenvalue weighted by Gasteiger charge is 2.34. The number of methoxy groups -OCH3 is 1. The van der Waals surface area contributed by atoms with Gasteiger partial charge in [-0.1, -0.05) is 11.6 Å². The lowest BCUT2D eigenvalue weighted by molar-refractivity contribution is -0.123. The van der Waals surface area contributed by atoms with E-state index in [2.05, 4.69) is 10.6 Å². The third-order valence-corrected chi connectivity index (χ3v) is 7.79. The van der Waals surface area contributed by atoms with Gasteiger partial charge in [-0.2, -0.15) is 4.31 Å². The van der Waals surface area contributed by atoms with Crippen molar-refractivity contribution in [2.45, 2.75) is 30.8 Å². The fourth-order valence-electron chi connectivity index (χ4n) is 3.88. The Morgan fingerprint density at radius 3 is 2.82 bits per heavy atom. The van der Waals surface area contributed by atoms with E-state index >= 15 is 0 Å². The minimum atomic E-state index is -3.88. The van der Waals surface area contributed by atoms with E-state index in [-0.39, 0.29) is 23.3 Å². The number of ether oxygens (including phenoxy) is 2. The smallest absolute Gasteiger partial charge is 0.265 e. The average molecular weight is 494 g/mol. The minimum Gasteiger partial charge on any atom is -0.495 e. The molecule has 0 radical (unpaired) electrons. The minimum absolute atomic E-state index is 0.0253. The molecule has 0 bridgehead atoms. The number of carbonyl (C=O) groups is 2. The summed E-state index contributed by atoms with van der Waals surface area (Å²) in [5, 5.41) is 5.90. The summed E-state index contributed by atoms with van der Waals surface area (Å²) in [6.07, 6.45) is 0.429. The molecule has 0 unspecified atom stereocenters. The normalized spacial score (nSPS) is 20.9. The van der Waals surface area contributed by atoms with Gasteiger partial charge in [-0.15, -0.1) is 0 Å². The summed E-state index contributed by atoms with van der Waals surface area (Å²) in [6.45, 7) is 1.94. The van der Waals surface area contributed by atoms with Gasteiger partial charge in [0.25, 0.3) is 5.91 Å².